The van der Waals surface area contributed by atoms with Gasteiger partial charge in [-0.3, -0.25) is 14.4 Å². The van der Waals surface area contributed by atoms with E-state index in [-0.39, 0.29) is 17.3 Å². The molecular weight excluding hydrogens is 526 g/mol. The average molecular weight is 554 g/mol. The molecule has 2 aliphatic heterocycles. The molecule has 0 bridgehead atoms. The Morgan fingerprint density at radius 1 is 0.919 bits per heavy atom. The van der Waals surface area contributed by atoms with Gasteiger partial charge in [0.2, 0.25) is 0 Å². The first-order valence-electron chi connectivity index (χ1n) is 12.6. The lowest BCUT2D eigenvalue weighted by Crippen LogP contribution is -2.49. The molecular formula is C32H28BrNO3. The Balaban J connectivity index is 1.70. The fourth-order valence-corrected chi connectivity index (χ4v) is 6.85. The number of benzene rings is 3. The summed E-state index contributed by atoms with van der Waals surface area (Å²) in [5.74, 6) is -1.02. The van der Waals surface area contributed by atoms with Gasteiger partial charge in [-0.15, -0.1) is 0 Å². The molecule has 6 rings (SSSR count). The second-order valence-corrected chi connectivity index (χ2v) is 12.4. The molecule has 1 saturated heterocycles. The van der Waals surface area contributed by atoms with Crippen LogP contribution in [-0.4, -0.2) is 29.4 Å². The van der Waals surface area contributed by atoms with E-state index in [9.17, 15) is 14.4 Å². The normalized spacial score (nSPS) is 23.3. The fourth-order valence-electron chi connectivity index (χ4n) is 6.58. The number of halogens is 1. The molecule has 0 unspecified atom stereocenters. The van der Waals surface area contributed by atoms with Crippen molar-refractivity contribution in [3.8, 4) is 0 Å². The van der Waals surface area contributed by atoms with Gasteiger partial charge in [0.15, 0.2) is 17.3 Å². The number of aryl methyl sites for hydroxylation is 1. The van der Waals surface area contributed by atoms with Crippen LogP contribution in [0.5, 0.6) is 0 Å². The van der Waals surface area contributed by atoms with Crippen molar-refractivity contribution in [2.24, 2.45) is 10.8 Å². The standard InChI is InChI=1S/C32H28BrNO3/c1-18-9-15-24-20(17-18)12-16-25-32(28(35)22-7-5-6-8-23(22)29(32)36)26(19-10-13-21(33)14-11-19)27(34(24)25)30(37)31(2,3)4/h5-17,25-27H,1-4H3/t25-,26-,27-/m0/s1. The van der Waals surface area contributed by atoms with Gasteiger partial charge in [0.25, 0.3) is 0 Å². The summed E-state index contributed by atoms with van der Waals surface area (Å²) in [5, 5.41) is 0. The molecule has 186 valence electrons. The minimum absolute atomic E-state index is 0.0145. The number of rotatable bonds is 2. The van der Waals surface area contributed by atoms with E-state index in [2.05, 4.69) is 26.9 Å². The monoisotopic (exact) mass is 553 g/mol. The van der Waals surface area contributed by atoms with Gasteiger partial charge >= 0.3 is 0 Å². The number of ketones is 3. The summed E-state index contributed by atoms with van der Waals surface area (Å²) in [4.78, 5) is 45.5. The van der Waals surface area contributed by atoms with Crippen molar-refractivity contribution >= 4 is 45.0 Å². The molecule has 3 aromatic carbocycles. The molecule has 0 aromatic heterocycles. The van der Waals surface area contributed by atoms with E-state index in [4.69, 9.17) is 0 Å². The number of anilines is 1. The SMILES string of the molecule is Cc1ccc2c(c1)C=C[C@@H]1N2[C@H](C(=O)C(C)(C)C)[C@H](c2ccc(Br)cc2)C12C(=O)c1ccccc1C2=O. The summed E-state index contributed by atoms with van der Waals surface area (Å²) >= 11 is 3.52. The Bertz CT molecular complexity index is 1480. The van der Waals surface area contributed by atoms with Crippen molar-refractivity contribution in [2.45, 2.75) is 45.7 Å². The smallest absolute Gasteiger partial charge is 0.180 e. The number of nitrogens with zero attached hydrogens (tertiary/aromatic N) is 1. The summed E-state index contributed by atoms with van der Waals surface area (Å²) in [5.41, 5.74) is 2.57. The van der Waals surface area contributed by atoms with E-state index < -0.39 is 28.8 Å². The van der Waals surface area contributed by atoms with Crippen molar-refractivity contribution < 1.29 is 14.4 Å². The lowest BCUT2D eigenvalue weighted by Gasteiger charge is -2.38. The number of fused-ring (bicyclic) bond motifs is 5. The van der Waals surface area contributed by atoms with Crippen LogP contribution in [-0.2, 0) is 4.79 Å². The molecule has 3 aromatic rings. The summed E-state index contributed by atoms with van der Waals surface area (Å²) in [6.45, 7) is 7.78. The maximum Gasteiger partial charge on any atom is 0.180 e. The second kappa shape index (κ2) is 8.09. The van der Waals surface area contributed by atoms with Crippen LogP contribution in [0.15, 0.2) is 77.3 Å². The average Bonchev–Trinajstić information content (AvgIpc) is 3.29. The molecule has 2 heterocycles. The predicted octanol–water partition coefficient (Wildman–Crippen LogP) is 6.81. The lowest BCUT2D eigenvalue weighted by atomic mass is 9.63. The summed E-state index contributed by atoms with van der Waals surface area (Å²) in [7, 11) is 0. The highest BCUT2D eigenvalue weighted by atomic mass is 79.9. The largest absolute Gasteiger partial charge is 0.352 e. The third-order valence-electron chi connectivity index (χ3n) is 8.20. The van der Waals surface area contributed by atoms with Crippen LogP contribution < -0.4 is 4.90 Å². The van der Waals surface area contributed by atoms with Crippen LogP contribution >= 0.6 is 15.9 Å². The van der Waals surface area contributed by atoms with Crippen molar-refractivity contribution in [1.29, 1.82) is 0 Å². The van der Waals surface area contributed by atoms with Crippen molar-refractivity contribution in [1.82, 2.24) is 0 Å². The van der Waals surface area contributed by atoms with Gasteiger partial charge < -0.3 is 4.90 Å². The first-order chi connectivity index (χ1) is 17.6. The summed E-state index contributed by atoms with van der Waals surface area (Å²) in [6, 6.07) is 19.7. The molecule has 4 nitrogen and oxygen atoms in total. The maximum absolute atomic E-state index is 14.5. The van der Waals surface area contributed by atoms with E-state index in [1.807, 2.05) is 76.2 Å². The van der Waals surface area contributed by atoms with E-state index in [0.29, 0.717) is 11.1 Å². The molecule has 1 spiro atoms. The zero-order valence-electron chi connectivity index (χ0n) is 21.3. The quantitative estimate of drug-likeness (QED) is 0.327. The van der Waals surface area contributed by atoms with Gasteiger partial charge in [0.05, 0.1) is 12.1 Å². The molecule has 1 fully saturated rings. The highest BCUT2D eigenvalue weighted by Gasteiger charge is 2.71. The fraction of sp³-hybridized carbons (Fsp3) is 0.281. The Labute approximate surface area is 225 Å². The molecule has 37 heavy (non-hydrogen) atoms. The first kappa shape index (κ1) is 24.1. The highest BCUT2D eigenvalue weighted by molar-refractivity contribution is 9.10. The Morgan fingerprint density at radius 2 is 1.54 bits per heavy atom. The molecule has 0 saturated carbocycles. The molecule has 5 heteroatoms. The van der Waals surface area contributed by atoms with E-state index >= 15 is 0 Å². The van der Waals surface area contributed by atoms with E-state index in [1.165, 1.54) is 0 Å². The van der Waals surface area contributed by atoms with Crippen LogP contribution in [0, 0.1) is 17.8 Å². The van der Waals surface area contributed by atoms with E-state index in [1.54, 1.807) is 24.3 Å². The van der Waals surface area contributed by atoms with Gasteiger partial charge in [-0.05, 0) is 42.3 Å². The number of carbonyl (C=O) groups is 3. The van der Waals surface area contributed by atoms with Crippen molar-refractivity contribution in [3.05, 3.63) is 105 Å². The van der Waals surface area contributed by atoms with Gasteiger partial charge in [0, 0.05) is 32.6 Å². The van der Waals surface area contributed by atoms with Gasteiger partial charge in [-0.1, -0.05) is 96.9 Å². The molecule has 3 aliphatic rings. The van der Waals surface area contributed by atoms with Gasteiger partial charge in [-0.2, -0.15) is 0 Å². The molecule has 0 amide bonds. The molecule has 3 atom stereocenters. The second-order valence-electron chi connectivity index (χ2n) is 11.4. The maximum atomic E-state index is 14.5. The Morgan fingerprint density at radius 3 is 2.14 bits per heavy atom. The van der Waals surface area contributed by atoms with Crippen molar-refractivity contribution in [2.75, 3.05) is 4.90 Å². The number of Topliss-reactive ketones (excluding diaryl/α,β-unsaturated/α-hetero) is 3. The van der Waals surface area contributed by atoms with E-state index in [0.717, 1.165) is 26.9 Å². The van der Waals surface area contributed by atoms with Crippen LogP contribution in [0.25, 0.3) is 6.08 Å². The van der Waals surface area contributed by atoms with Crippen LogP contribution in [0.2, 0.25) is 0 Å². The zero-order chi connectivity index (χ0) is 26.3. The predicted molar refractivity (Wildman–Crippen MR) is 149 cm³/mol. The van der Waals surface area contributed by atoms with Gasteiger partial charge in [-0.25, -0.2) is 0 Å². The van der Waals surface area contributed by atoms with Crippen molar-refractivity contribution in [3.63, 3.8) is 0 Å². The third-order valence-corrected chi connectivity index (χ3v) is 8.72. The molecule has 0 radical (unpaired) electrons. The van der Waals surface area contributed by atoms with Crippen LogP contribution in [0.3, 0.4) is 0 Å². The van der Waals surface area contributed by atoms with Crippen LogP contribution in [0.4, 0.5) is 5.69 Å². The highest BCUT2D eigenvalue weighted by Crippen LogP contribution is 2.61. The zero-order valence-corrected chi connectivity index (χ0v) is 22.9. The number of hydrogen-bond acceptors (Lipinski definition) is 4. The minimum atomic E-state index is -1.44. The topological polar surface area (TPSA) is 54.5 Å². The third kappa shape index (κ3) is 3.23. The summed E-state index contributed by atoms with van der Waals surface area (Å²) < 4.78 is 0.896. The Hall–Kier alpha value is -3.31. The Kier molecular flexibility index (Phi) is 5.26. The lowest BCUT2D eigenvalue weighted by molar-refractivity contribution is -0.127. The number of hydrogen-bond donors (Lipinski definition) is 0. The molecule has 1 aliphatic carbocycles. The number of carbonyl (C=O) groups excluding carboxylic acids is 3. The first-order valence-corrected chi connectivity index (χ1v) is 13.4. The van der Waals surface area contributed by atoms with Crippen LogP contribution in [0.1, 0.15) is 64.1 Å². The summed E-state index contributed by atoms with van der Waals surface area (Å²) in [6.07, 6.45) is 3.99. The molecule has 0 N–H and O–H groups in total. The van der Waals surface area contributed by atoms with Gasteiger partial charge in [0.1, 0.15) is 5.41 Å². The minimum Gasteiger partial charge on any atom is -0.352 e.